The van der Waals surface area contributed by atoms with Crippen LogP contribution in [0.25, 0.3) is 28.3 Å². The van der Waals surface area contributed by atoms with E-state index in [2.05, 4.69) is 25.4 Å². The molecule has 0 aliphatic rings. The van der Waals surface area contributed by atoms with Gasteiger partial charge in [-0.05, 0) is 24.3 Å². The molecule has 2 aromatic carbocycles. The second-order valence-corrected chi connectivity index (χ2v) is 7.03. The molecule has 3 aromatic heterocycles. The van der Waals surface area contributed by atoms with Crippen LogP contribution < -0.4 is 5.32 Å². The maximum absolute atomic E-state index is 13.2. The van der Waals surface area contributed by atoms with Crippen molar-refractivity contribution in [1.29, 1.82) is 0 Å². The van der Waals surface area contributed by atoms with Crippen LogP contribution in [0.3, 0.4) is 0 Å². The lowest BCUT2D eigenvalue weighted by Crippen LogP contribution is -2.13. The van der Waals surface area contributed by atoms with Crippen molar-refractivity contribution in [2.24, 2.45) is 0 Å². The molecule has 0 saturated heterocycles. The van der Waals surface area contributed by atoms with Crippen LogP contribution in [0.2, 0.25) is 0 Å². The first-order chi connectivity index (χ1) is 15.8. The summed E-state index contributed by atoms with van der Waals surface area (Å²) < 4.78 is 1.69. The summed E-state index contributed by atoms with van der Waals surface area (Å²) in [5.74, 6) is 0.290. The van der Waals surface area contributed by atoms with Gasteiger partial charge in [-0.2, -0.15) is 5.10 Å². The molecule has 0 spiro atoms. The Morgan fingerprint density at radius 2 is 1.47 bits per heavy atom. The van der Waals surface area contributed by atoms with Crippen molar-refractivity contribution in [3.05, 3.63) is 109 Å². The first kappa shape index (κ1) is 19.3. The van der Waals surface area contributed by atoms with Gasteiger partial charge in [-0.15, -0.1) is 0 Å². The summed E-state index contributed by atoms with van der Waals surface area (Å²) in [6, 6.07) is 23.0. The fourth-order valence-electron chi connectivity index (χ4n) is 3.30. The van der Waals surface area contributed by atoms with Crippen LogP contribution >= 0.6 is 0 Å². The van der Waals surface area contributed by atoms with Gasteiger partial charge in [-0.1, -0.05) is 48.5 Å². The molecule has 3 heterocycles. The molecule has 32 heavy (non-hydrogen) atoms. The van der Waals surface area contributed by atoms with E-state index in [4.69, 9.17) is 0 Å². The molecule has 0 aliphatic carbocycles. The number of pyridine rings is 1. The van der Waals surface area contributed by atoms with Crippen molar-refractivity contribution >= 4 is 11.6 Å². The highest BCUT2D eigenvalue weighted by Crippen LogP contribution is 2.24. The lowest BCUT2D eigenvalue weighted by molar-refractivity contribution is 0.102. The highest BCUT2D eigenvalue weighted by Gasteiger charge is 2.19. The minimum Gasteiger partial charge on any atom is -0.319 e. The van der Waals surface area contributed by atoms with Crippen LogP contribution in [0.1, 0.15) is 10.4 Å². The molecule has 5 rings (SSSR count). The summed E-state index contributed by atoms with van der Waals surface area (Å²) in [5.41, 5.74) is 3.98. The maximum atomic E-state index is 13.2. The van der Waals surface area contributed by atoms with Crippen LogP contribution in [0.15, 0.2) is 104 Å². The Morgan fingerprint density at radius 3 is 2.16 bits per heavy atom. The van der Waals surface area contributed by atoms with Crippen molar-refractivity contribution in [2.45, 2.75) is 0 Å². The summed E-state index contributed by atoms with van der Waals surface area (Å²) in [6.07, 6.45) is 8.28. The second-order valence-electron chi connectivity index (χ2n) is 7.03. The van der Waals surface area contributed by atoms with Gasteiger partial charge in [0, 0.05) is 29.7 Å². The number of hydrogen-bond acceptors (Lipinski definition) is 5. The molecular formula is C25H18N6O. The topological polar surface area (TPSA) is 85.6 Å². The fourth-order valence-corrected chi connectivity index (χ4v) is 3.30. The van der Waals surface area contributed by atoms with Crippen LogP contribution in [-0.4, -0.2) is 30.6 Å². The van der Waals surface area contributed by atoms with Crippen LogP contribution in [-0.2, 0) is 0 Å². The molecule has 5 aromatic rings. The Morgan fingerprint density at radius 1 is 0.781 bits per heavy atom. The smallest absolute Gasteiger partial charge is 0.259 e. The number of benzene rings is 2. The van der Waals surface area contributed by atoms with Crippen molar-refractivity contribution in [2.75, 3.05) is 5.32 Å². The zero-order chi connectivity index (χ0) is 21.8. The van der Waals surface area contributed by atoms with Crippen LogP contribution in [0.5, 0.6) is 0 Å². The summed E-state index contributed by atoms with van der Waals surface area (Å²) in [6.45, 7) is 0. The van der Waals surface area contributed by atoms with Crippen molar-refractivity contribution in [1.82, 2.24) is 24.7 Å². The summed E-state index contributed by atoms with van der Waals surface area (Å²) in [4.78, 5) is 26.1. The van der Waals surface area contributed by atoms with Gasteiger partial charge in [-0.25, -0.2) is 14.6 Å². The lowest BCUT2D eigenvalue weighted by Gasteiger charge is -2.06. The molecule has 0 saturated carbocycles. The Hall–Kier alpha value is -4.65. The maximum Gasteiger partial charge on any atom is 0.259 e. The van der Waals surface area contributed by atoms with Gasteiger partial charge in [0.15, 0.2) is 5.82 Å². The first-order valence-electron chi connectivity index (χ1n) is 10.0. The number of para-hydroxylation sites is 1. The van der Waals surface area contributed by atoms with Gasteiger partial charge in [0.2, 0.25) is 0 Å². The molecule has 154 valence electrons. The highest BCUT2D eigenvalue weighted by atomic mass is 16.1. The lowest BCUT2D eigenvalue weighted by atomic mass is 10.1. The van der Waals surface area contributed by atoms with E-state index in [-0.39, 0.29) is 5.91 Å². The third-order valence-electron chi connectivity index (χ3n) is 4.86. The summed E-state index contributed by atoms with van der Waals surface area (Å²) in [7, 11) is 0. The fraction of sp³-hybridized carbons (Fsp3) is 0. The first-order valence-corrected chi connectivity index (χ1v) is 10.0. The molecule has 1 N–H and O–H groups in total. The standard InChI is InChI=1S/C25H18N6O/c32-25(29-20-15-27-24(28-16-20)18-8-3-1-4-9-18)22-17-31(21-11-5-2-6-12-21)30-23(22)19-10-7-13-26-14-19/h1-17H,(H,29,32). The van der Waals surface area contributed by atoms with Gasteiger partial charge in [-0.3, -0.25) is 9.78 Å². The number of aromatic nitrogens is 5. The summed E-state index contributed by atoms with van der Waals surface area (Å²) in [5, 5.41) is 7.53. The van der Waals surface area contributed by atoms with Gasteiger partial charge in [0.1, 0.15) is 5.69 Å². The molecule has 0 fully saturated rings. The number of hydrogen-bond donors (Lipinski definition) is 1. The average molecular weight is 418 g/mol. The Labute approximate surface area is 184 Å². The molecule has 7 nitrogen and oxygen atoms in total. The van der Waals surface area contributed by atoms with Gasteiger partial charge >= 0.3 is 0 Å². The minimum absolute atomic E-state index is 0.304. The zero-order valence-corrected chi connectivity index (χ0v) is 17.0. The van der Waals surface area contributed by atoms with Gasteiger partial charge in [0.05, 0.1) is 29.3 Å². The van der Waals surface area contributed by atoms with E-state index >= 15 is 0 Å². The molecule has 0 atom stereocenters. The largest absolute Gasteiger partial charge is 0.319 e. The normalized spacial score (nSPS) is 10.6. The number of anilines is 1. The van der Waals surface area contributed by atoms with Gasteiger partial charge < -0.3 is 5.32 Å². The Balaban J connectivity index is 1.46. The molecule has 0 radical (unpaired) electrons. The third kappa shape index (κ3) is 3.99. The van der Waals surface area contributed by atoms with E-state index in [1.54, 1.807) is 35.7 Å². The predicted octanol–water partition coefficient (Wildman–Crippen LogP) is 4.64. The van der Waals surface area contributed by atoms with Crippen molar-refractivity contribution < 1.29 is 4.79 Å². The molecule has 1 amide bonds. The zero-order valence-electron chi connectivity index (χ0n) is 17.0. The SMILES string of the molecule is O=C(Nc1cnc(-c2ccccc2)nc1)c1cn(-c2ccccc2)nc1-c1cccnc1. The quantitative estimate of drug-likeness (QED) is 0.449. The van der Waals surface area contributed by atoms with E-state index in [1.165, 1.54) is 0 Å². The van der Waals surface area contributed by atoms with Crippen molar-refractivity contribution in [3.8, 4) is 28.3 Å². The van der Waals surface area contributed by atoms with E-state index in [0.29, 0.717) is 22.8 Å². The number of nitrogens with one attached hydrogen (secondary N) is 1. The monoisotopic (exact) mass is 418 g/mol. The van der Waals surface area contributed by atoms with Crippen molar-refractivity contribution in [3.63, 3.8) is 0 Å². The molecule has 0 unspecified atom stereocenters. The minimum atomic E-state index is -0.304. The van der Waals surface area contributed by atoms with E-state index in [9.17, 15) is 4.79 Å². The highest BCUT2D eigenvalue weighted by molar-refractivity contribution is 6.08. The number of carbonyl (C=O) groups excluding carboxylic acids is 1. The van der Waals surface area contributed by atoms with E-state index in [1.807, 2.05) is 72.8 Å². The molecule has 0 bridgehead atoms. The van der Waals surface area contributed by atoms with Gasteiger partial charge in [0.25, 0.3) is 5.91 Å². The number of rotatable bonds is 5. The van der Waals surface area contributed by atoms with Crippen LogP contribution in [0.4, 0.5) is 5.69 Å². The van der Waals surface area contributed by atoms with E-state index in [0.717, 1.165) is 16.8 Å². The molecule has 0 aliphatic heterocycles. The number of nitrogens with zero attached hydrogens (tertiary/aromatic N) is 5. The number of amides is 1. The van der Waals surface area contributed by atoms with E-state index < -0.39 is 0 Å². The van der Waals surface area contributed by atoms with Crippen LogP contribution in [0, 0.1) is 0 Å². The second kappa shape index (κ2) is 8.61. The Kier molecular flexibility index (Phi) is 5.20. The third-order valence-corrected chi connectivity index (χ3v) is 4.86. The average Bonchev–Trinajstić information content (AvgIpc) is 3.32. The Bertz CT molecular complexity index is 1330. The molecule has 7 heteroatoms. The predicted molar refractivity (Wildman–Crippen MR) is 122 cm³/mol. The molecular weight excluding hydrogens is 400 g/mol. The number of carbonyl (C=O) groups is 1. The summed E-state index contributed by atoms with van der Waals surface area (Å²) >= 11 is 0.